The lowest BCUT2D eigenvalue weighted by molar-refractivity contribution is 0.818. The molecule has 16 heavy (non-hydrogen) atoms. The molecule has 0 aliphatic rings. The Morgan fingerprint density at radius 2 is 1.75 bits per heavy atom. The largest absolute Gasteiger partial charge is 0.319 e. The van der Waals surface area contributed by atoms with Gasteiger partial charge < -0.3 is 5.32 Å². The fourth-order valence-corrected chi connectivity index (χ4v) is 2.57. The van der Waals surface area contributed by atoms with Crippen LogP contribution in [-0.4, -0.2) is 21.7 Å². The molecule has 0 heterocycles. The second-order valence-electron chi connectivity index (χ2n) is 4.98. The molecule has 0 radical (unpaired) electrons. The Bertz CT molecular complexity index is 376. The van der Waals surface area contributed by atoms with Crippen LogP contribution in [0.3, 0.4) is 0 Å². The monoisotopic (exact) mass is 231 g/mol. The summed E-state index contributed by atoms with van der Waals surface area (Å²) in [6.45, 7) is 8.04. The zero-order valence-electron chi connectivity index (χ0n) is 10.7. The van der Waals surface area contributed by atoms with Crippen LogP contribution in [0.2, 0.25) is 19.6 Å². The summed E-state index contributed by atoms with van der Waals surface area (Å²) < 4.78 is 0. The van der Waals surface area contributed by atoms with Crippen LogP contribution in [0.25, 0.3) is 0 Å². The van der Waals surface area contributed by atoms with Crippen molar-refractivity contribution in [2.75, 3.05) is 13.6 Å². The van der Waals surface area contributed by atoms with Crippen LogP contribution in [0, 0.1) is 11.8 Å². The third-order valence-corrected chi connectivity index (χ3v) is 4.55. The van der Waals surface area contributed by atoms with Crippen molar-refractivity contribution in [1.82, 2.24) is 5.32 Å². The van der Waals surface area contributed by atoms with Gasteiger partial charge >= 0.3 is 0 Å². The van der Waals surface area contributed by atoms with Crippen molar-refractivity contribution in [2.45, 2.75) is 26.1 Å². The predicted octanol–water partition coefficient (Wildman–Crippen LogP) is 2.19. The molecule has 0 aliphatic heterocycles. The zero-order valence-corrected chi connectivity index (χ0v) is 11.7. The number of hydrogen-bond acceptors (Lipinski definition) is 1. The first-order valence-electron chi connectivity index (χ1n) is 5.78. The van der Waals surface area contributed by atoms with E-state index < -0.39 is 8.07 Å². The lowest BCUT2D eigenvalue weighted by atomic mass is 10.2. The van der Waals surface area contributed by atoms with Crippen molar-refractivity contribution in [1.29, 1.82) is 0 Å². The average molecular weight is 231 g/mol. The molecule has 1 N–H and O–H groups in total. The molecule has 2 heteroatoms. The molecular formula is C14H21NSi. The normalized spacial score (nSPS) is 10.8. The van der Waals surface area contributed by atoms with Crippen molar-refractivity contribution < 1.29 is 0 Å². The molecule has 0 saturated carbocycles. The molecule has 86 valence electrons. The Morgan fingerprint density at radius 1 is 1.12 bits per heavy atom. The molecule has 0 saturated heterocycles. The van der Waals surface area contributed by atoms with Crippen molar-refractivity contribution in [2.24, 2.45) is 0 Å². The SMILES string of the molecule is CNCCC#Cc1ccc([Si](C)(C)C)cc1. The van der Waals surface area contributed by atoms with Crippen LogP contribution in [-0.2, 0) is 0 Å². The Balaban J connectivity index is 2.67. The fourth-order valence-electron chi connectivity index (χ4n) is 1.41. The van der Waals surface area contributed by atoms with Gasteiger partial charge in [-0.2, -0.15) is 0 Å². The first kappa shape index (κ1) is 13.0. The van der Waals surface area contributed by atoms with Gasteiger partial charge in [-0.1, -0.05) is 48.8 Å². The van der Waals surface area contributed by atoms with E-state index in [1.165, 1.54) is 5.19 Å². The van der Waals surface area contributed by atoms with E-state index in [4.69, 9.17) is 0 Å². The van der Waals surface area contributed by atoms with E-state index in [1.807, 2.05) is 7.05 Å². The molecule has 1 aromatic rings. The summed E-state index contributed by atoms with van der Waals surface area (Å²) in [5.74, 6) is 6.34. The van der Waals surface area contributed by atoms with E-state index in [0.29, 0.717) is 0 Å². The summed E-state index contributed by atoms with van der Waals surface area (Å²) in [6, 6.07) is 8.74. The minimum Gasteiger partial charge on any atom is -0.319 e. The third-order valence-electron chi connectivity index (χ3n) is 2.48. The van der Waals surface area contributed by atoms with Crippen molar-refractivity contribution in [3.05, 3.63) is 29.8 Å². The molecule has 1 rings (SSSR count). The third kappa shape index (κ3) is 4.22. The van der Waals surface area contributed by atoms with Crippen LogP contribution in [0.15, 0.2) is 24.3 Å². The van der Waals surface area contributed by atoms with Crippen LogP contribution >= 0.6 is 0 Å². The summed E-state index contributed by atoms with van der Waals surface area (Å²) in [6.07, 6.45) is 0.909. The lowest BCUT2D eigenvalue weighted by Crippen LogP contribution is -2.37. The smallest absolute Gasteiger partial charge is 0.0775 e. The van der Waals surface area contributed by atoms with Gasteiger partial charge in [0.2, 0.25) is 0 Å². The Labute approximate surface area is 100 Å². The quantitative estimate of drug-likeness (QED) is 0.478. The molecule has 0 atom stereocenters. The average Bonchev–Trinajstić information content (AvgIpc) is 2.24. The van der Waals surface area contributed by atoms with Crippen molar-refractivity contribution in [3.8, 4) is 11.8 Å². The predicted molar refractivity (Wildman–Crippen MR) is 74.8 cm³/mol. The van der Waals surface area contributed by atoms with Crippen LogP contribution in [0.1, 0.15) is 12.0 Å². The van der Waals surface area contributed by atoms with E-state index >= 15 is 0 Å². The summed E-state index contributed by atoms with van der Waals surface area (Å²) in [5, 5.41) is 4.58. The molecule has 0 amide bonds. The molecule has 1 aromatic carbocycles. The van der Waals surface area contributed by atoms with Gasteiger partial charge in [-0.15, -0.1) is 0 Å². The van der Waals surface area contributed by atoms with Gasteiger partial charge in [0.1, 0.15) is 0 Å². The van der Waals surface area contributed by atoms with Crippen LogP contribution in [0.5, 0.6) is 0 Å². The molecule has 0 fully saturated rings. The summed E-state index contributed by atoms with van der Waals surface area (Å²) in [7, 11) is 0.790. The highest BCUT2D eigenvalue weighted by Gasteiger charge is 2.15. The first-order valence-corrected chi connectivity index (χ1v) is 9.28. The number of benzene rings is 1. The van der Waals surface area contributed by atoms with Gasteiger partial charge in [0.25, 0.3) is 0 Å². The maximum Gasteiger partial charge on any atom is 0.0775 e. The van der Waals surface area contributed by atoms with E-state index in [2.05, 4.69) is 61.1 Å². The second-order valence-corrected chi connectivity index (χ2v) is 10.1. The highest BCUT2D eigenvalue weighted by molar-refractivity contribution is 6.88. The van der Waals surface area contributed by atoms with E-state index in [0.717, 1.165) is 18.5 Å². The topological polar surface area (TPSA) is 12.0 Å². The maximum atomic E-state index is 3.18. The molecule has 0 bridgehead atoms. The van der Waals surface area contributed by atoms with E-state index in [1.54, 1.807) is 0 Å². The van der Waals surface area contributed by atoms with Gasteiger partial charge in [0, 0.05) is 18.5 Å². The number of rotatable bonds is 3. The summed E-state index contributed by atoms with van der Waals surface area (Å²) >= 11 is 0. The summed E-state index contributed by atoms with van der Waals surface area (Å²) in [4.78, 5) is 0. The first-order chi connectivity index (χ1) is 7.54. The minimum absolute atomic E-state index is 0.909. The molecule has 0 aromatic heterocycles. The fraction of sp³-hybridized carbons (Fsp3) is 0.429. The van der Waals surface area contributed by atoms with E-state index in [9.17, 15) is 0 Å². The molecule has 0 spiro atoms. The Hall–Kier alpha value is -1.04. The zero-order chi connectivity index (χ0) is 12.0. The Kier molecular flexibility index (Phi) is 4.79. The van der Waals surface area contributed by atoms with Crippen LogP contribution in [0.4, 0.5) is 0 Å². The van der Waals surface area contributed by atoms with E-state index in [-0.39, 0.29) is 0 Å². The van der Waals surface area contributed by atoms with Gasteiger partial charge in [-0.05, 0) is 19.2 Å². The van der Waals surface area contributed by atoms with Gasteiger partial charge in [0.15, 0.2) is 0 Å². The highest BCUT2D eigenvalue weighted by atomic mass is 28.3. The van der Waals surface area contributed by atoms with Gasteiger partial charge in [0.05, 0.1) is 8.07 Å². The molecule has 1 nitrogen and oxygen atoms in total. The number of nitrogens with one attached hydrogen (secondary N) is 1. The van der Waals surface area contributed by atoms with Gasteiger partial charge in [-0.3, -0.25) is 0 Å². The van der Waals surface area contributed by atoms with Crippen LogP contribution < -0.4 is 10.5 Å². The number of hydrogen-bond donors (Lipinski definition) is 1. The molecule has 0 aliphatic carbocycles. The molecule has 0 unspecified atom stereocenters. The highest BCUT2D eigenvalue weighted by Crippen LogP contribution is 2.03. The molecular weight excluding hydrogens is 210 g/mol. The Morgan fingerprint density at radius 3 is 2.25 bits per heavy atom. The maximum absolute atomic E-state index is 3.18. The van der Waals surface area contributed by atoms with Crippen molar-refractivity contribution in [3.63, 3.8) is 0 Å². The minimum atomic E-state index is -1.16. The summed E-state index contributed by atoms with van der Waals surface area (Å²) in [5.41, 5.74) is 1.12. The second kappa shape index (κ2) is 5.88. The van der Waals surface area contributed by atoms with Gasteiger partial charge in [-0.25, -0.2) is 0 Å². The van der Waals surface area contributed by atoms with Crippen molar-refractivity contribution >= 4 is 13.3 Å². The lowest BCUT2D eigenvalue weighted by Gasteiger charge is -2.15. The standard InChI is InChI=1S/C14H21NSi/c1-15-12-6-5-7-13-8-10-14(11-9-13)16(2,3)4/h8-11,15H,6,12H2,1-4H3.